The number of fused-ring (bicyclic) bond motifs is 1. The van der Waals surface area contributed by atoms with Crippen LogP contribution in [0.1, 0.15) is 15.9 Å². The van der Waals surface area contributed by atoms with E-state index in [9.17, 15) is 4.79 Å². The Bertz CT molecular complexity index is 700. The molecule has 1 aliphatic rings. The number of aryl methyl sites for hydroxylation is 1. The third-order valence-corrected chi connectivity index (χ3v) is 3.49. The van der Waals surface area contributed by atoms with Crippen LogP contribution in [-0.4, -0.2) is 19.1 Å². The van der Waals surface area contributed by atoms with Crippen LogP contribution in [0.25, 0.3) is 0 Å². The topological polar surface area (TPSA) is 47.6 Å². The first-order valence-electron chi connectivity index (χ1n) is 6.60. The molecule has 0 saturated heterocycles. The fraction of sp³-hybridized carbons (Fsp3) is 0.188. The van der Waals surface area contributed by atoms with E-state index in [2.05, 4.69) is 5.32 Å². The van der Waals surface area contributed by atoms with E-state index in [1.54, 1.807) is 30.3 Å². The van der Waals surface area contributed by atoms with Crippen molar-refractivity contribution in [3.05, 3.63) is 52.5 Å². The fourth-order valence-corrected chi connectivity index (χ4v) is 2.28. The minimum atomic E-state index is -0.211. The number of carbonyl (C=O) groups excluding carboxylic acids is 1. The number of hydrogen-bond acceptors (Lipinski definition) is 3. The lowest BCUT2D eigenvalue weighted by atomic mass is 10.1. The molecule has 0 radical (unpaired) electrons. The normalized spacial score (nSPS) is 12.9. The van der Waals surface area contributed by atoms with Crippen molar-refractivity contribution in [2.75, 3.05) is 18.5 Å². The Balaban J connectivity index is 1.83. The van der Waals surface area contributed by atoms with Crippen molar-refractivity contribution in [3.8, 4) is 11.5 Å². The van der Waals surface area contributed by atoms with Gasteiger partial charge in [0.05, 0.1) is 0 Å². The van der Waals surface area contributed by atoms with Crippen LogP contribution in [0.15, 0.2) is 36.4 Å². The molecule has 0 saturated carbocycles. The Morgan fingerprint density at radius 2 is 1.86 bits per heavy atom. The molecule has 5 heteroatoms. The molecule has 0 unspecified atom stereocenters. The van der Waals surface area contributed by atoms with E-state index in [-0.39, 0.29) is 5.91 Å². The highest BCUT2D eigenvalue weighted by Gasteiger charge is 2.15. The van der Waals surface area contributed by atoms with E-state index in [1.165, 1.54) is 0 Å². The summed E-state index contributed by atoms with van der Waals surface area (Å²) in [7, 11) is 0. The number of hydrogen-bond donors (Lipinski definition) is 1. The van der Waals surface area contributed by atoms with E-state index in [0.717, 1.165) is 5.56 Å². The van der Waals surface area contributed by atoms with E-state index in [1.807, 2.05) is 13.0 Å². The van der Waals surface area contributed by atoms with Crippen LogP contribution < -0.4 is 14.8 Å². The van der Waals surface area contributed by atoms with Crippen LogP contribution in [0.3, 0.4) is 0 Å². The van der Waals surface area contributed by atoms with E-state index >= 15 is 0 Å². The first kappa shape index (κ1) is 13.8. The Morgan fingerprint density at radius 1 is 1.10 bits per heavy atom. The van der Waals surface area contributed by atoms with Crippen LogP contribution in [0.2, 0.25) is 5.02 Å². The van der Waals surface area contributed by atoms with Crippen LogP contribution in [0, 0.1) is 6.92 Å². The van der Waals surface area contributed by atoms with Gasteiger partial charge in [-0.25, -0.2) is 0 Å². The summed E-state index contributed by atoms with van der Waals surface area (Å²) in [5.74, 6) is 1.05. The number of rotatable bonds is 2. The summed E-state index contributed by atoms with van der Waals surface area (Å²) in [5.41, 5.74) is 2.16. The van der Waals surface area contributed by atoms with Gasteiger partial charge in [-0.15, -0.1) is 0 Å². The molecule has 0 spiro atoms. The summed E-state index contributed by atoms with van der Waals surface area (Å²) in [4.78, 5) is 12.3. The molecule has 0 atom stereocenters. The predicted octanol–water partition coefficient (Wildman–Crippen LogP) is 3.67. The molecule has 108 valence electrons. The van der Waals surface area contributed by atoms with E-state index in [4.69, 9.17) is 21.1 Å². The molecule has 21 heavy (non-hydrogen) atoms. The van der Waals surface area contributed by atoms with Crippen molar-refractivity contribution in [1.82, 2.24) is 0 Å². The molecule has 2 aromatic carbocycles. The quantitative estimate of drug-likeness (QED) is 0.921. The van der Waals surface area contributed by atoms with Gasteiger partial charge in [-0.3, -0.25) is 4.79 Å². The summed E-state index contributed by atoms with van der Waals surface area (Å²) >= 11 is 5.95. The Hall–Kier alpha value is -2.20. The minimum Gasteiger partial charge on any atom is -0.486 e. The molecule has 1 aliphatic heterocycles. The third kappa shape index (κ3) is 2.95. The van der Waals surface area contributed by atoms with Gasteiger partial charge in [-0.2, -0.15) is 0 Å². The van der Waals surface area contributed by atoms with Gasteiger partial charge in [0.1, 0.15) is 13.2 Å². The number of benzene rings is 2. The number of amides is 1. The average molecular weight is 304 g/mol. The number of anilines is 1. The molecule has 0 aromatic heterocycles. The summed E-state index contributed by atoms with van der Waals surface area (Å²) in [6.45, 7) is 2.93. The van der Waals surface area contributed by atoms with E-state index < -0.39 is 0 Å². The molecular formula is C16H14ClNO3. The van der Waals surface area contributed by atoms with Gasteiger partial charge in [0, 0.05) is 16.3 Å². The molecule has 2 aromatic rings. The molecule has 1 heterocycles. The van der Waals surface area contributed by atoms with Gasteiger partial charge in [-0.05, 0) is 42.8 Å². The average Bonchev–Trinajstić information content (AvgIpc) is 2.50. The Labute approximate surface area is 127 Å². The molecule has 4 nitrogen and oxygen atoms in total. The smallest absolute Gasteiger partial charge is 0.255 e. The summed E-state index contributed by atoms with van der Waals surface area (Å²) in [6, 6.07) is 10.5. The summed E-state index contributed by atoms with van der Waals surface area (Å²) in [5, 5.41) is 3.44. The first-order chi connectivity index (χ1) is 10.1. The minimum absolute atomic E-state index is 0.211. The maximum Gasteiger partial charge on any atom is 0.255 e. The van der Waals surface area contributed by atoms with Gasteiger partial charge < -0.3 is 14.8 Å². The lowest BCUT2D eigenvalue weighted by Gasteiger charge is -2.18. The highest BCUT2D eigenvalue weighted by Crippen LogP contribution is 2.31. The monoisotopic (exact) mass is 303 g/mol. The number of nitrogens with one attached hydrogen (secondary N) is 1. The van der Waals surface area contributed by atoms with Gasteiger partial charge in [0.2, 0.25) is 0 Å². The zero-order chi connectivity index (χ0) is 14.8. The highest BCUT2D eigenvalue weighted by molar-refractivity contribution is 6.31. The molecule has 0 fully saturated rings. The van der Waals surface area contributed by atoms with Crippen molar-refractivity contribution < 1.29 is 14.3 Å². The Morgan fingerprint density at radius 3 is 2.67 bits per heavy atom. The zero-order valence-corrected chi connectivity index (χ0v) is 12.2. The van der Waals surface area contributed by atoms with Gasteiger partial charge in [0.15, 0.2) is 11.5 Å². The van der Waals surface area contributed by atoms with Crippen molar-refractivity contribution in [2.45, 2.75) is 6.92 Å². The lowest BCUT2D eigenvalue weighted by molar-refractivity contribution is 0.102. The van der Waals surface area contributed by atoms with Gasteiger partial charge in [-0.1, -0.05) is 17.7 Å². The molecule has 0 aliphatic carbocycles. The molecule has 1 N–H and O–H groups in total. The second kappa shape index (κ2) is 5.66. The lowest BCUT2D eigenvalue weighted by Crippen LogP contribution is -2.17. The summed E-state index contributed by atoms with van der Waals surface area (Å²) < 4.78 is 10.9. The van der Waals surface area contributed by atoms with Crippen LogP contribution in [0.4, 0.5) is 5.69 Å². The van der Waals surface area contributed by atoms with Gasteiger partial charge >= 0.3 is 0 Å². The third-order valence-electron chi connectivity index (χ3n) is 3.25. The van der Waals surface area contributed by atoms with Crippen LogP contribution >= 0.6 is 11.6 Å². The fourth-order valence-electron chi connectivity index (χ4n) is 2.11. The largest absolute Gasteiger partial charge is 0.486 e. The highest BCUT2D eigenvalue weighted by atomic mass is 35.5. The number of ether oxygens (including phenoxy) is 2. The van der Waals surface area contributed by atoms with Crippen LogP contribution in [0.5, 0.6) is 11.5 Å². The number of carbonyl (C=O) groups is 1. The zero-order valence-electron chi connectivity index (χ0n) is 11.5. The molecular weight excluding hydrogens is 290 g/mol. The van der Waals surface area contributed by atoms with Crippen molar-refractivity contribution in [3.63, 3.8) is 0 Å². The first-order valence-corrected chi connectivity index (χ1v) is 6.98. The van der Waals surface area contributed by atoms with Crippen molar-refractivity contribution in [2.24, 2.45) is 0 Å². The van der Waals surface area contributed by atoms with E-state index in [0.29, 0.717) is 41.0 Å². The summed E-state index contributed by atoms with van der Waals surface area (Å²) in [6.07, 6.45) is 0. The second-order valence-electron chi connectivity index (χ2n) is 4.77. The van der Waals surface area contributed by atoms with Crippen molar-refractivity contribution >= 4 is 23.2 Å². The van der Waals surface area contributed by atoms with Crippen LogP contribution in [-0.2, 0) is 0 Å². The molecule has 3 rings (SSSR count). The molecule has 1 amide bonds. The maximum absolute atomic E-state index is 12.3. The standard InChI is InChI=1S/C16H14ClNO3/c1-10-2-4-12(17)9-13(10)18-16(19)11-3-5-14-15(8-11)21-7-6-20-14/h2-5,8-9H,6-7H2,1H3,(H,18,19). The second-order valence-corrected chi connectivity index (χ2v) is 5.21. The SMILES string of the molecule is Cc1ccc(Cl)cc1NC(=O)c1ccc2c(c1)OCCO2. The van der Waals surface area contributed by atoms with Crippen molar-refractivity contribution in [1.29, 1.82) is 0 Å². The molecule has 0 bridgehead atoms. The predicted molar refractivity (Wildman–Crippen MR) is 81.6 cm³/mol. The maximum atomic E-state index is 12.3. The Kier molecular flexibility index (Phi) is 3.71. The number of halogens is 1. The van der Waals surface area contributed by atoms with Gasteiger partial charge in [0.25, 0.3) is 5.91 Å².